The molecule has 4 heterocycles. The van der Waals surface area contributed by atoms with Gasteiger partial charge in [-0.05, 0) is 12.1 Å². The highest BCUT2D eigenvalue weighted by Gasteiger charge is 2.32. The van der Waals surface area contributed by atoms with Crippen molar-refractivity contribution >= 4 is 5.91 Å². The van der Waals surface area contributed by atoms with Gasteiger partial charge in [0.2, 0.25) is 0 Å². The largest absolute Gasteiger partial charge is 0.332 e. The first kappa shape index (κ1) is 14.6. The normalized spacial score (nSPS) is 13.3. The van der Waals surface area contributed by atoms with Gasteiger partial charge in [0.15, 0.2) is 11.5 Å². The zero-order valence-corrected chi connectivity index (χ0v) is 13.4. The zero-order chi connectivity index (χ0) is 16.7. The number of pyridine rings is 1. The van der Waals surface area contributed by atoms with Crippen molar-refractivity contribution in [3.63, 3.8) is 0 Å². The first-order valence-electron chi connectivity index (χ1n) is 7.74. The first-order valence-corrected chi connectivity index (χ1v) is 7.74. The zero-order valence-electron chi connectivity index (χ0n) is 13.4. The molecule has 0 spiro atoms. The van der Waals surface area contributed by atoms with Crippen molar-refractivity contribution in [3.8, 4) is 11.6 Å². The van der Waals surface area contributed by atoms with Gasteiger partial charge in [-0.3, -0.25) is 14.5 Å². The van der Waals surface area contributed by atoms with E-state index in [0.29, 0.717) is 42.5 Å². The Labute approximate surface area is 138 Å². The lowest BCUT2D eigenvalue weighted by molar-refractivity contribution is 0.0748. The van der Waals surface area contributed by atoms with Crippen LogP contribution in [-0.2, 0) is 26.6 Å². The Balaban J connectivity index is 1.65. The fourth-order valence-electron chi connectivity index (χ4n) is 2.88. The van der Waals surface area contributed by atoms with Crippen LogP contribution in [0, 0.1) is 0 Å². The molecule has 0 aliphatic carbocycles. The standard InChI is InChI=1S/C16H16N6O2/c1-3-13-18-15(24-20-13)14-11-8-22(9-12(11)21(2)19-14)16(23)10-4-6-17-7-5-10/h4-7H,3,8-9H2,1-2H3. The van der Waals surface area contributed by atoms with Gasteiger partial charge in [0, 0.05) is 37.0 Å². The molecule has 0 bridgehead atoms. The second-order valence-electron chi connectivity index (χ2n) is 5.66. The van der Waals surface area contributed by atoms with E-state index >= 15 is 0 Å². The van der Waals surface area contributed by atoms with Crippen LogP contribution in [0.25, 0.3) is 11.6 Å². The molecule has 3 aromatic rings. The van der Waals surface area contributed by atoms with Crippen molar-refractivity contribution in [3.05, 3.63) is 47.2 Å². The van der Waals surface area contributed by atoms with Gasteiger partial charge in [0.25, 0.3) is 11.8 Å². The molecule has 0 aromatic carbocycles. The molecule has 0 atom stereocenters. The van der Waals surface area contributed by atoms with Crippen LogP contribution in [-0.4, -0.2) is 35.7 Å². The lowest BCUT2D eigenvalue weighted by Gasteiger charge is -2.15. The molecule has 122 valence electrons. The predicted octanol–water partition coefficient (Wildman–Crippen LogP) is 1.58. The average Bonchev–Trinajstić information content (AvgIpc) is 3.31. The Hall–Kier alpha value is -3.03. The monoisotopic (exact) mass is 324 g/mol. The van der Waals surface area contributed by atoms with Crippen LogP contribution in [0.4, 0.5) is 0 Å². The summed E-state index contributed by atoms with van der Waals surface area (Å²) in [7, 11) is 1.86. The highest BCUT2D eigenvalue weighted by Crippen LogP contribution is 2.32. The van der Waals surface area contributed by atoms with Crippen LogP contribution >= 0.6 is 0 Å². The molecule has 8 heteroatoms. The van der Waals surface area contributed by atoms with Crippen LogP contribution < -0.4 is 0 Å². The van der Waals surface area contributed by atoms with E-state index in [1.165, 1.54) is 0 Å². The van der Waals surface area contributed by atoms with Crippen LogP contribution in [0.5, 0.6) is 0 Å². The van der Waals surface area contributed by atoms with E-state index in [2.05, 4.69) is 20.2 Å². The Morgan fingerprint density at radius 3 is 2.79 bits per heavy atom. The van der Waals surface area contributed by atoms with Crippen molar-refractivity contribution in [1.29, 1.82) is 0 Å². The summed E-state index contributed by atoms with van der Waals surface area (Å²) in [6, 6.07) is 3.44. The molecule has 1 aliphatic heterocycles. The number of aromatic nitrogens is 5. The van der Waals surface area contributed by atoms with Gasteiger partial charge in [-0.15, -0.1) is 0 Å². The van der Waals surface area contributed by atoms with Crippen LogP contribution in [0.15, 0.2) is 29.0 Å². The van der Waals surface area contributed by atoms with Crippen molar-refractivity contribution < 1.29 is 9.32 Å². The SMILES string of the molecule is CCc1noc(-c2nn(C)c3c2CN(C(=O)c2ccncc2)C3)n1. The molecule has 0 saturated heterocycles. The van der Waals surface area contributed by atoms with E-state index in [0.717, 1.165) is 11.3 Å². The first-order chi connectivity index (χ1) is 11.7. The summed E-state index contributed by atoms with van der Waals surface area (Å²) in [6.07, 6.45) is 3.94. The van der Waals surface area contributed by atoms with Crippen LogP contribution in [0.3, 0.4) is 0 Å². The molecule has 1 aliphatic rings. The van der Waals surface area contributed by atoms with Crippen molar-refractivity contribution in [2.45, 2.75) is 26.4 Å². The lowest BCUT2D eigenvalue weighted by Crippen LogP contribution is -2.26. The minimum Gasteiger partial charge on any atom is -0.332 e. The number of hydrogen-bond donors (Lipinski definition) is 0. The van der Waals surface area contributed by atoms with E-state index in [9.17, 15) is 4.79 Å². The number of carbonyl (C=O) groups is 1. The Bertz CT molecular complexity index is 899. The topological polar surface area (TPSA) is 89.9 Å². The summed E-state index contributed by atoms with van der Waals surface area (Å²) in [6.45, 7) is 2.95. The molecule has 1 amide bonds. The van der Waals surface area contributed by atoms with E-state index in [4.69, 9.17) is 4.52 Å². The molecular weight excluding hydrogens is 308 g/mol. The van der Waals surface area contributed by atoms with Gasteiger partial charge in [0.05, 0.1) is 18.8 Å². The second-order valence-corrected chi connectivity index (χ2v) is 5.66. The van der Waals surface area contributed by atoms with Crippen LogP contribution in [0.2, 0.25) is 0 Å². The maximum absolute atomic E-state index is 12.6. The smallest absolute Gasteiger partial charge is 0.278 e. The van der Waals surface area contributed by atoms with Gasteiger partial charge in [-0.25, -0.2) is 0 Å². The van der Waals surface area contributed by atoms with E-state index in [1.807, 2.05) is 14.0 Å². The maximum Gasteiger partial charge on any atom is 0.278 e. The summed E-state index contributed by atoms with van der Waals surface area (Å²) in [4.78, 5) is 22.7. The maximum atomic E-state index is 12.6. The van der Waals surface area contributed by atoms with Crippen molar-refractivity contribution in [1.82, 2.24) is 29.8 Å². The Morgan fingerprint density at radius 2 is 2.08 bits per heavy atom. The van der Waals surface area contributed by atoms with Crippen molar-refractivity contribution in [2.75, 3.05) is 0 Å². The van der Waals surface area contributed by atoms with E-state index in [1.54, 1.807) is 34.1 Å². The number of aryl methyl sites for hydroxylation is 2. The summed E-state index contributed by atoms with van der Waals surface area (Å²) in [5.41, 5.74) is 3.23. The highest BCUT2D eigenvalue weighted by atomic mass is 16.5. The number of nitrogens with zero attached hydrogens (tertiary/aromatic N) is 6. The number of amides is 1. The summed E-state index contributed by atoms with van der Waals surface area (Å²) in [5, 5.41) is 8.41. The molecule has 24 heavy (non-hydrogen) atoms. The number of carbonyl (C=O) groups excluding carboxylic acids is 1. The quantitative estimate of drug-likeness (QED) is 0.726. The molecule has 0 saturated carbocycles. The molecule has 0 fully saturated rings. The van der Waals surface area contributed by atoms with Gasteiger partial charge in [-0.1, -0.05) is 12.1 Å². The van der Waals surface area contributed by atoms with Gasteiger partial charge in [-0.2, -0.15) is 10.1 Å². The molecule has 3 aromatic heterocycles. The lowest BCUT2D eigenvalue weighted by atomic mass is 10.2. The summed E-state index contributed by atoms with van der Waals surface area (Å²) in [5.74, 6) is 1.02. The second kappa shape index (κ2) is 5.55. The fourth-order valence-corrected chi connectivity index (χ4v) is 2.88. The molecule has 4 rings (SSSR count). The molecule has 0 N–H and O–H groups in total. The number of fused-ring (bicyclic) bond motifs is 1. The van der Waals surface area contributed by atoms with Gasteiger partial charge < -0.3 is 9.42 Å². The molecule has 8 nitrogen and oxygen atoms in total. The minimum absolute atomic E-state index is 0.0284. The molecule has 0 radical (unpaired) electrons. The van der Waals surface area contributed by atoms with Crippen LogP contribution in [0.1, 0.15) is 34.4 Å². The molecular formula is C16H16N6O2. The Kier molecular flexibility index (Phi) is 3.37. The number of hydrogen-bond acceptors (Lipinski definition) is 6. The molecule has 0 unspecified atom stereocenters. The third-order valence-electron chi connectivity index (χ3n) is 4.17. The third kappa shape index (κ3) is 2.27. The van der Waals surface area contributed by atoms with Crippen molar-refractivity contribution in [2.24, 2.45) is 7.05 Å². The summed E-state index contributed by atoms with van der Waals surface area (Å²) < 4.78 is 7.09. The Morgan fingerprint density at radius 1 is 1.29 bits per heavy atom. The number of rotatable bonds is 3. The third-order valence-corrected chi connectivity index (χ3v) is 4.17. The predicted molar refractivity (Wildman–Crippen MR) is 83.7 cm³/mol. The summed E-state index contributed by atoms with van der Waals surface area (Å²) >= 11 is 0. The highest BCUT2D eigenvalue weighted by molar-refractivity contribution is 5.94. The van der Waals surface area contributed by atoms with Gasteiger partial charge in [0.1, 0.15) is 0 Å². The fraction of sp³-hybridized carbons (Fsp3) is 0.312. The van der Waals surface area contributed by atoms with E-state index in [-0.39, 0.29) is 5.91 Å². The van der Waals surface area contributed by atoms with E-state index < -0.39 is 0 Å². The minimum atomic E-state index is -0.0284. The van der Waals surface area contributed by atoms with Gasteiger partial charge >= 0.3 is 0 Å². The average molecular weight is 324 g/mol.